The van der Waals surface area contributed by atoms with Crippen molar-refractivity contribution in [2.75, 3.05) is 19.8 Å². The van der Waals surface area contributed by atoms with Crippen molar-refractivity contribution in [1.29, 1.82) is 0 Å². The third kappa shape index (κ3) is 4.53. The molecule has 2 nitrogen and oxygen atoms in total. The fraction of sp³-hybridized carbons (Fsp3) is 0.625. The Morgan fingerprint density at radius 2 is 1.95 bits per heavy atom. The van der Waals surface area contributed by atoms with E-state index in [-0.39, 0.29) is 6.04 Å². The second-order valence-corrected chi connectivity index (χ2v) is 5.38. The summed E-state index contributed by atoms with van der Waals surface area (Å²) < 4.78 is 28.7. The van der Waals surface area contributed by atoms with E-state index in [9.17, 15) is 8.78 Å². The molecule has 0 aromatic heterocycles. The largest absolute Gasteiger partial charge is 0.374 e. The van der Waals surface area contributed by atoms with Crippen molar-refractivity contribution in [3.05, 3.63) is 34.9 Å². The summed E-state index contributed by atoms with van der Waals surface area (Å²) in [6, 6.07) is 6.90. The van der Waals surface area contributed by atoms with Crippen LogP contribution in [0.5, 0.6) is 0 Å². The number of halogens is 2. The van der Waals surface area contributed by atoms with Crippen molar-refractivity contribution in [3.63, 3.8) is 0 Å². The average molecular weight is 283 g/mol. The first-order valence-electron chi connectivity index (χ1n) is 7.38. The highest BCUT2D eigenvalue weighted by atomic mass is 19.3. The van der Waals surface area contributed by atoms with Crippen molar-refractivity contribution in [3.8, 4) is 0 Å². The van der Waals surface area contributed by atoms with Gasteiger partial charge in [0.2, 0.25) is 0 Å². The number of fused-ring (bicyclic) bond motifs is 1. The molecule has 0 heterocycles. The Labute approximate surface area is 119 Å². The highest BCUT2D eigenvalue weighted by Gasteiger charge is 2.12. The van der Waals surface area contributed by atoms with E-state index >= 15 is 0 Å². The number of nitrogens with one attached hydrogen (secondary N) is 1. The van der Waals surface area contributed by atoms with Gasteiger partial charge in [-0.2, -0.15) is 0 Å². The van der Waals surface area contributed by atoms with E-state index in [1.165, 1.54) is 42.4 Å². The molecular weight excluding hydrogens is 260 g/mol. The number of benzene rings is 1. The quantitative estimate of drug-likeness (QED) is 0.773. The molecule has 20 heavy (non-hydrogen) atoms. The maximum absolute atomic E-state index is 11.9. The van der Waals surface area contributed by atoms with Crippen molar-refractivity contribution in [2.45, 2.75) is 45.1 Å². The fourth-order valence-corrected chi connectivity index (χ4v) is 2.66. The standard InChI is InChI=1S/C16H23F2NO/c1-12(19-8-9-20-11-16(17)18)14-7-6-13-4-2-3-5-15(13)10-14/h6-7,10,12,16,19H,2-5,8-9,11H2,1H3. The molecule has 0 spiro atoms. The normalized spacial score (nSPS) is 16.2. The lowest BCUT2D eigenvalue weighted by Crippen LogP contribution is -2.24. The van der Waals surface area contributed by atoms with Gasteiger partial charge >= 0.3 is 0 Å². The summed E-state index contributed by atoms with van der Waals surface area (Å²) in [5.74, 6) is 0. The Kier molecular flexibility index (Phi) is 5.92. The molecule has 0 aliphatic heterocycles. The third-order valence-electron chi connectivity index (χ3n) is 3.81. The van der Waals surface area contributed by atoms with Crippen LogP contribution in [0.15, 0.2) is 18.2 Å². The summed E-state index contributed by atoms with van der Waals surface area (Å²) >= 11 is 0. The lowest BCUT2D eigenvalue weighted by molar-refractivity contribution is 0.0183. The Hall–Kier alpha value is -1.00. The first-order valence-corrected chi connectivity index (χ1v) is 7.38. The van der Waals surface area contributed by atoms with Crippen LogP contribution in [0.2, 0.25) is 0 Å². The molecule has 0 saturated carbocycles. The summed E-state index contributed by atoms with van der Waals surface area (Å²) in [6.07, 6.45) is 2.56. The van der Waals surface area contributed by atoms with Gasteiger partial charge in [-0.3, -0.25) is 0 Å². The van der Waals surface area contributed by atoms with Gasteiger partial charge < -0.3 is 10.1 Å². The van der Waals surface area contributed by atoms with Gasteiger partial charge in [-0.1, -0.05) is 18.2 Å². The van der Waals surface area contributed by atoms with Gasteiger partial charge in [-0.25, -0.2) is 8.78 Å². The van der Waals surface area contributed by atoms with Crippen molar-refractivity contribution in [1.82, 2.24) is 5.32 Å². The number of ether oxygens (including phenoxy) is 1. The molecule has 1 N–H and O–H groups in total. The topological polar surface area (TPSA) is 21.3 Å². The smallest absolute Gasteiger partial charge is 0.261 e. The first-order chi connectivity index (χ1) is 9.66. The molecule has 0 saturated heterocycles. The van der Waals surface area contributed by atoms with E-state index < -0.39 is 13.0 Å². The van der Waals surface area contributed by atoms with Crippen LogP contribution < -0.4 is 5.32 Å². The summed E-state index contributed by atoms with van der Waals surface area (Å²) in [6.45, 7) is 2.52. The van der Waals surface area contributed by atoms with Gasteiger partial charge in [0, 0.05) is 12.6 Å². The summed E-state index contributed by atoms with van der Waals surface area (Å²) in [5.41, 5.74) is 4.21. The molecule has 0 fully saturated rings. The van der Waals surface area contributed by atoms with Gasteiger partial charge in [0.25, 0.3) is 6.43 Å². The molecule has 1 atom stereocenters. The predicted octanol–water partition coefficient (Wildman–Crippen LogP) is 3.50. The molecule has 4 heteroatoms. The molecule has 1 aliphatic carbocycles. The molecular formula is C16H23F2NO. The maximum Gasteiger partial charge on any atom is 0.261 e. The third-order valence-corrected chi connectivity index (χ3v) is 3.81. The van der Waals surface area contributed by atoms with Crippen molar-refractivity contribution in [2.24, 2.45) is 0 Å². The van der Waals surface area contributed by atoms with E-state index in [4.69, 9.17) is 4.74 Å². The minimum absolute atomic E-state index is 0.220. The molecule has 0 radical (unpaired) electrons. The number of rotatable bonds is 7. The van der Waals surface area contributed by atoms with Crippen LogP contribution in [0.3, 0.4) is 0 Å². The van der Waals surface area contributed by atoms with Gasteiger partial charge in [0.05, 0.1) is 6.61 Å². The van der Waals surface area contributed by atoms with Crippen LogP contribution in [0.25, 0.3) is 0 Å². The van der Waals surface area contributed by atoms with E-state index in [2.05, 4.69) is 30.4 Å². The lowest BCUT2D eigenvalue weighted by Gasteiger charge is -2.20. The molecule has 2 rings (SSSR count). The maximum atomic E-state index is 11.9. The van der Waals surface area contributed by atoms with Crippen LogP contribution in [0.1, 0.15) is 42.5 Å². The first kappa shape index (κ1) is 15.4. The van der Waals surface area contributed by atoms with Crippen molar-refractivity contribution < 1.29 is 13.5 Å². The average Bonchev–Trinajstić information content (AvgIpc) is 2.46. The molecule has 0 bridgehead atoms. The molecule has 112 valence electrons. The lowest BCUT2D eigenvalue weighted by atomic mass is 9.89. The second kappa shape index (κ2) is 7.70. The van der Waals surface area contributed by atoms with Crippen LogP contribution in [0.4, 0.5) is 8.78 Å². The Bertz CT molecular complexity index is 423. The van der Waals surface area contributed by atoms with Crippen LogP contribution in [-0.4, -0.2) is 26.2 Å². The number of alkyl halides is 2. The van der Waals surface area contributed by atoms with Crippen molar-refractivity contribution >= 4 is 0 Å². The summed E-state index contributed by atoms with van der Waals surface area (Å²) in [7, 11) is 0. The zero-order chi connectivity index (χ0) is 14.4. The van der Waals surface area contributed by atoms with Crippen LogP contribution >= 0.6 is 0 Å². The number of hydrogen-bond donors (Lipinski definition) is 1. The summed E-state index contributed by atoms with van der Waals surface area (Å²) in [4.78, 5) is 0. The minimum Gasteiger partial charge on any atom is -0.374 e. The predicted molar refractivity (Wildman–Crippen MR) is 76.3 cm³/mol. The number of aryl methyl sites for hydroxylation is 2. The van der Waals surface area contributed by atoms with E-state index in [1.807, 2.05) is 0 Å². The highest BCUT2D eigenvalue weighted by Crippen LogP contribution is 2.24. The fourth-order valence-electron chi connectivity index (χ4n) is 2.66. The monoisotopic (exact) mass is 283 g/mol. The zero-order valence-electron chi connectivity index (χ0n) is 12.0. The molecule has 1 aliphatic rings. The Balaban J connectivity index is 1.79. The minimum atomic E-state index is -2.38. The molecule has 0 amide bonds. The molecule has 1 aromatic rings. The SMILES string of the molecule is CC(NCCOCC(F)F)c1ccc2c(c1)CCCC2. The second-order valence-electron chi connectivity index (χ2n) is 5.38. The van der Waals surface area contributed by atoms with E-state index in [0.29, 0.717) is 13.2 Å². The number of hydrogen-bond acceptors (Lipinski definition) is 2. The van der Waals surface area contributed by atoms with Crippen LogP contribution in [-0.2, 0) is 17.6 Å². The van der Waals surface area contributed by atoms with Gasteiger partial charge in [-0.15, -0.1) is 0 Å². The molecule has 1 unspecified atom stereocenters. The van der Waals surface area contributed by atoms with Crippen LogP contribution in [0, 0.1) is 0 Å². The van der Waals surface area contributed by atoms with Gasteiger partial charge in [0.1, 0.15) is 6.61 Å². The van der Waals surface area contributed by atoms with E-state index in [1.54, 1.807) is 0 Å². The molecule has 1 aromatic carbocycles. The van der Waals surface area contributed by atoms with Gasteiger partial charge in [-0.05, 0) is 49.3 Å². The Morgan fingerprint density at radius 3 is 2.70 bits per heavy atom. The van der Waals surface area contributed by atoms with E-state index in [0.717, 1.165) is 0 Å². The Morgan fingerprint density at radius 1 is 1.20 bits per heavy atom. The zero-order valence-corrected chi connectivity index (χ0v) is 12.0. The van der Waals surface area contributed by atoms with Gasteiger partial charge in [0.15, 0.2) is 0 Å². The summed E-state index contributed by atoms with van der Waals surface area (Å²) in [5, 5.41) is 3.31. The highest BCUT2D eigenvalue weighted by molar-refractivity contribution is 5.35.